The molecular formula is C18H14N2S. The summed E-state index contributed by atoms with van der Waals surface area (Å²) in [4.78, 5) is 4.69. The third-order valence-corrected chi connectivity index (χ3v) is 4.32. The Hall–Kier alpha value is -2.31. The zero-order valence-corrected chi connectivity index (χ0v) is 12.5. The minimum Gasteiger partial charge on any atom is -0.241 e. The minimum atomic E-state index is 0.704. The van der Waals surface area contributed by atoms with E-state index in [1.807, 2.05) is 42.5 Å². The molecule has 0 saturated heterocycles. The Morgan fingerprint density at radius 2 is 1.95 bits per heavy atom. The number of benzene rings is 2. The van der Waals surface area contributed by atoms with Crippen molar-refractivity contribution >= 4 is 22.7 Å². The van der Waals surface area contributed by atoms with Crippen LogP contribution < -0.4 is 0 Å². The predicted octanol–water partition coefficient (Wildman–Crippen LogP) is 4.71. The number of hydrogen-bond donors (Lipinski definition) is 0. The average Bonchev–Trinajstić information content (AvgIpc) is 2.53. The molecule has 0 radical (unpaired) electrons. The maximum absolute atomic E-state index is 8.93. The summed E-state index contributed by atoms with van der Waals surface area (Å²) in [6.07, 6.45) is 0. The van der Waals surface area contributed by atoms with Gasteiger partial charge < -0.3 is 0 Å². The first-order chi connectivity index (χ1) is 10.3. The molecular weight excluding hydrogens is 276 g/mol. The number of hydrogen-bond acceptors (Lipinski definition) is 3. The third kappa shape index (κ3) is 3.07. The second-order valence-electron chi connectivity index (χ2n) is 4.90. The number of aryl methyl sites for hydroxylation is 1. The smallest absolute Gasteiger partial charge is 0.0991 e. The van der Waals surface area contributed by atoms with E-state index in [4.69, 9.17) is 10.2 Å². The Morgan fingerprint density at radius 3 is 2.81 bits per heavy atom. The van der Waals surface area contributed by atoms with E-state index >= 15 is 0 Å². The molecule has 3 aromatic rings. The molecule has 0 unspecified atom stereocenters. The molecule has 2 nitrogen and oxygen atoms in total. The van der Waals surface area contributed by atoms with Gasteiger partial charge in [0, 0.05) is 11.1 Å². The highest BCUT2D eigenvalue weighted by Gasteiger charge is 2.04. The number of nitriles is 1. The standard InChI is InChI=1S/C18H14N2S/c1-13-9-18(20-17-8-3-2-7-16(13)17)21-12-15-6-4-5-14(10-15)11-19/h2-10H,12H2,1H3. The fraction of sp³-hybridized carbons (Fsp3) is 0.111. The van der Waals surface area contributed by atoms with Crippen LogP contribution >= 0.6 is 11.8 Å². The highest BCUT2D eigenvalue weighted by molar-refractivity contribution is 7.98. The van der Waals surface area contributed by atoms with Crippen LogP contribution in [0.2, 0.25) is 0 Å². The van der Waals surface area contributed by atoms with Gasteiger partial charge in [0.05, 0.1) is 22.2 Å². The number of aromatic nitrogens is 1. The topological polar surface area (TPSA) is 36.7 Å². The number of nitrogens with zero attached hydrogens (tertiary/aromatic N) is 2. The van der Waals surface area contributed by atoms with Crippen LogP contribution in [0.3, 0.4) is 0 Å². The van der Waals surface area contributed by atoms with Gasteiger partial charge in [0.2, 0.25) is 0 Å². The Kier molecular flexibility index (Phi) is 3.89. The lowest BCUT2D eigenvalue weighted by Gasteiger charge is -2.06. The van der Waals surface area contributed by atoms with Crippen LogP contribution in [0, 0.1) is 18.3 Å². The lowest BCUT2D eigenvalue weighted by Crippen LogP contribution is -1.88. The van der Waals surface area contributed by atoms with Crippen LogP contribution in [0.25, 0.3) is 10.9 Å². The van der Waals surface area contributed by atoms with Gasteiger partial charge in [-0.05, 0) is 42.3 Å². The van der Waals surface area contributed by atoms with Crippen molar-refractivity contribution in [3.63, 3.8) is 0 Å². The van der Waals surface area contributed by atoms with Crippen molar-refractivity contribution in [2.24, 2.45) is 0 Å². The van der Waals surface area contributed by atoms with Crippen molar-refractivity contribution in [1.29, 1.82) is 5.26 Å². The van der Waals surface area contributed by atoms with Gasteiger partial charge in [-0.1, -0.05) is 30.3 Å². The summed E-state index contributed by atoms with van der Waals surface area (Å²) in [5.74, 6) is 0.820. The molecule has 0 aliphatic heterocycles. The van der Waals surface area contributed by atoms with Gasteiger partial charge in [0.25, 0.3) is 0 Å². The summed E-state index contributed by atoms with van der Waals surface area (Å²) >= 11 is 1.70. The van der Waals surface area contributed by atoms with Gasteiger partial charge in [-0.15, -0.1) is 11.8 Å². The number of para-hydroxylation sites is 1. The number of fused-ring (bicyclic) bond motifs is 1. The SMILES string of the molecule is Cc1cc(SCc2cccc(C#N)c2)nc2ccccc12. The molecule has 3 rings (SSSR count). The van der Waals surface area contributed by atoms with Gasteiger partial charge in [0.15, 0.2) is 0 Å². The predicted molar refractivity (Wildman–Crippen MR) is 87.2 cm³/mol. The van der Waals surface area contributed by atoms with Crippen molar-refractivity contribution in [2.45, 2.75) is 17.7 Å². The van der Waals surface area contributed by atoms with E-state index in [0.29, 0.717) is 5.56 Å². The second-order valence-corrected chi connectivity index (χ2v) is 5.89. The Balaban J connectivity index is 1.83. The van der Waals surface area contributed by atoms with E-state index in [1.165, 1.54) is 10.9 Å². The molecule has 0 spiro atoms. The molecule has 1 heterocycles. The first-order valence-electron chi connectivity index (χ1n) is 6.74. The summed E-state index contributed by atoms with van der Waals surface area (Å²) < 4.78 is 0. The maximum atomic E-state index is 8.93. The number of thioether (sulfide) groups is 1. The minimum absolute atomic E-state index is 0.704. The molecule has 0 amide bonds. The van der Waals surface area contributed by atoms with E-state index in [2.05, 4.69) is 25.1 Å². The van der Waals surface area contributed by atoms with Crippen LogP contribution in [0.1, 0.15) is 16.7 Å². The van der Waals surface area contributed by atoms with Gasteiger partial charge in [-0.2, -0.15) is 5.26 Å². The fourth-order valence-corrected chi connectivity index (χ4v) is 3.20. The lowest BCUT2D eigenvalue weighted by molar-refractivity contribution is 1.16. The third-order valence-electron chi connectivity index (χ3n) is 3.34. The molecule has 0 bridgehead atoms. The lowest BCUT2D eigenvalue weighted by atomic mass is 10.1. The van der Waals surface area contributed by atoms with E-state index in [-0.39, 0.29) is 0 Å². The molecule has 2 aromatic carbocycles. The summed E-state index contributed by atoms with van der Waals surface area (Å²) in [5.41, 5.74) is 4.13. The van der Waals surface area contributed by atoms with Gasteiger partial charge in [-0.25, -0.2) is 4.98 Å². The van der Waals surface area contributed by atoms with E-state index in [1.54, 1.807) is 11.8 Å². The number of pyridine rings is 1. The fourth-order valence-electron chi connectivity index (χ4n) is 2.28. The van der Waals surface area contributed by atoms with Crippen LogP contribution in [0.15, 0.2) is 59.6 Å². The van der Waals surface area contributed by atoms with Gasteiger partial charge >= 0.3 is 0 Å². The summed E-state index contributed by atoms with van der Waals surface area (Å²) in [7, 11) is 0. The maximum Gasteiger partial charge on any atom is 0.0991 e. The van der Waals surface area contributed by atoms with Crippen molar-refractivity contribution in [3.05, 3.63) is 71.3 Å². The zero-order valence-electron chi connectivity index (χ0n) is 11.7. The van der Waals surface area contributed by atoms with E-state index < -0.39 is 0 Å². The molecule has 0 aliphatic carbocycles. The molecule has 1 aromatic heterocycles. The van der Waals surface area contributed by atoms with Gasteiger partial charge in [-0.3, -0.25) is 0 Å². The highest BCUT2D eigenvalue weighted by Crippen LogP contribution is 2.26. The van der Waals surface area contributed by atoms with Crippen LogP contribution in [-0.2, 0) is 5.75 Å². The first-order valence-corrected chi connectivity index (χ1v) is 7.73. The molecule has 102 valence electrons. The van der Waals surface area contributed by atoms with Crippen LogP contribution in [-0.4, -0.2) is 4.98 Å². The van der Waals surface area contributed by atoms with E-state index in [9.17, 15) is 0 Å². The van der Waals surface area contributed by atoms with Crippen molar-refractivity contribution in [2.75, 3.05) is 0 Å². The van der Waals surface area contributed by atoms with Crippen LogP contribution in [0.5, 0.6) is 0 Å². The van der Waals surface area contributed by atoms with Crippen molar-refractivity contribution in [3.8, 4) is 6.07 Å². The molecule has 21 heavy (non-hydrogen) atoms. The summed E-state index contributed by atoms with van der Waals surface area (Å²) in [5, 5.41) is 11.2. The monoisotopic (exact) mass is 290 g/mol. The Labute approximate surface area is 128 Å². The number of rotatable bonds is 3. The van der Waals surface area contributed by atoms with Crippen molar-refractivity contribution in [1.82, 2.24) is 4.98 Å². The molecule has 0 N–H and O–H groups in total. The zero-order chi connectivity index (χ0) is 14.7. The van der Waals surface area contributed by atoms with Gasteiger partial charge in [0.1, 0.15) is 0 Å². The molecule has 0 atom stereocenters. The first kappa shape index (κ1) is 13.7. The summed E-state index contributed by atoms with van der Waals surface area (Å²) in [6, 6.07) is 20.2. The summed E-state index contributed by atoms with van der Waals surface area (Å²) in [6.45, 7) is 2.12. The van der Waals surface area contributed by atoms with Crippen molar-refractivity contribution < 1.29 is 0 Å². The molecule has 3 heteroatoms. The van der Waals surface area contributed by atoms with Crippen LogP contribution in [0.4, 0.5) is 0 Å². The second kappa shape index (κ2) is 5.99. The highest BCUT2D eigenvalue weighted by atomic mass is 32.2. The van der Waals surface area contributed by atoms with E-state index in [0.717, 1.165) is 21.9 Å². The average molecular weight is 290 g/mol. The quantitative estimate of drug-likeness (QED) is 0.656. The Morgan fingerprint density at radius 1 is 1.10 bits per heavy atom. The Bertz CT molecular complexity index is 834. The molecule has 0 aliphatic rings. The molecule has 0 fully saturated rings. The largest absolute Gasteiger partial charge is 0.241 e. The normalized spacial score (nSPS) is 10.5. The molecule has 0 saturated carbocycles.